The average Bonchev–Trinajstić information content (AvgIpc) is 2.55. The third-order valence-electron chi connectivity index (χ3n) is 4.08. The Balaban J connectivity index is 2.01. The van der Waals surface area contributed by atoms with Crippen molar-refractivity contribution in [2.45, 2.75) is 25.7 Å². The van der Waals surface area contributed by atoms with Gasteiger partial charge in [-0.3, -0.25) is 0 Å². The molecule has 0 saturated heterocycles. The first-order valence-electron chi connectivity index (χ1n) is 7.85. The van der Waals surface area contributed by atoms with Gasteiger partial charge in [-0.25, -0.2) is 0 Å². The molecule has 0 saturated carbocycles. The summed E-state index contributed by atoms with van der Waals surface area (Å²) in [6, 6.07) is 21.6. The predicted octanol–water partition coefficient (Wildman–Crippen LogP) is 5.18. The highest BCUT2D eigenvalue weighted by Crippen LogP contribution is 2.35. The average molecular weight is 305 g/mol. The smallest absolute Gasteiger partial charge is 0.0781 e. The Bertz CT molecular complexity index is 693. The summed E-state index contributed by atoms with van der Waals surface area (Å²) in [5.41, 5.74) is 3.98. The zero-order chi connectivity index (χ0) is 15.6. The van der Waals surface area contributed by atoms with Gasteiger partial charge < -0.3 is 5.32 Å². The lowest BCUT2D eigenvalue weighted by Gasteiger charge is -2.31. The zero-order valence-electron chi connectivity index (χ0n) is 13.5. The minimum atomic E-state index is -1.42. The van der Waals surface area contributed by atoms with E-state index in [0.717, 1.165) is 0 Å². The summed E-state index contributed by atoms with van der Waals surface area (Å²) in [5.74, 6) is 0. The maximum Gasteiger partial charge on any atom is 0.0781 e. The lowest BCUT2D eigenvalue weighted by Crippen LogP contribution is -2.30. The zero-order valence-corrected chi connectivity index (χ0v) is 14.5. The molecule has 3 rings (SSSR count). The lowest BCUT2D eigenvalue weighted by atomic mass is 9.99. The van der Waals surface area contributed by atoms with Crippen LogP contribution in [-0.2, 0) is 0 Å². The standard InChI is InChI=1S/C20H23NSi/c1-22(2,3)20-14-19(17-12-8-5-9-13-17)21-15-18(20)16-10-6-4-7-11-16/h4-15,19,21H,1-3H3. The number of rotatable bonds is 3. The van der Waals surface area contributed by atoms with Gasteiger partial charge in [0.2, 0.25) is 0 Å². The highest BCUT2D eigenvalue weighted by molar-refractivity contribution is 6.85. The van der Waals surface area contributed by atoms with Crippen molar-refractivity contribution in [3.8, 4) is 0 Å². The number of allylic oxidation sites excluding steroid dienone is 2. The van der Waals surface area contributed by atoms with E-state index in [1.807, 2.05) is 0 Å². The van der Waals surface area contributed by atoms with E-state index in [0.29, 0.717) is 0 Å². The molecule has 1 aliphatic heterocycles. The van der Waals surface area contributed by atoms with Crippen LogP contribution in [0.2, 0.25) is 19.6 Å². The van der Waals surface area contributed by atoms with Crippen LogP contribution in [0.3, 0.4) is 0 Å². The first-order chi connectivity index (χ1) is 10.6. The van der Waals surface area contributed by atoms with Crippen molar-refractivity contribution in [3.63, 3.8) is 0 Å². The molecule has 1 nitrogen and oxygen atoms in total. The molecule has 2 aromatic carbocycles. The Labute approximate surface area is 134 Å². The van der Waals surface area contributed by atoms with Crippen molar-refractivity contribution < 1.29 is 0 Å². The van der Waals surface area contributed by atoms with Crippen LogP contribution in [-0.4, -0.2) is 8.07 Å². The van der Waals surface area contributed by atoms with Crippen LogP contribution in [0.5, 0.6) is 0 Å². The highest BCUT2D eigenvalue weighted by atomic mass is 28.3. The van der Waals surface area contributed by atoms with E-state index in [4.69, 9.17) is 0 Å². The minimum Gasteiger partial charge on any atom is -0.380 e. The van der Waals surface area contributed by atoms with Crippen LogP contribution < -0.4 is 5.32 Å². The molecule has 1 N–H and O–H groups in total. The van der Waals surface area contributed by atoms with Crippen LogP contribution >= 0.6 is 0 Å². The summed E-state index contributed by atoms with van der Waals surface area (Å²) in [5, 5.41) is 5.10. The Morgan fingerprint density at radius 2 is 1.41 bits per heavy atom. The van der Waals surface area contributed by atoms with E-state index in [-0.39, 0.29) is 6.04 Å². The number of hydrogen-bond donors (Lipinski definition) is 1. The van der Waals surface area contributed by atoms with Crippen molar-refractivity contribution in [2.75, 3.05) is 0 Å². The molecule has 1 aliphatic rings. The summed E-state index contributed by atoms with van der Waals surface area (Å²) in [6.45, 7) is 7.26. The van der Waals surface area contributed by atoms with Gasteiger partial charge in [0, 0.05) is 6.20 Å². The summed E-state index contributed by atoms with van der Waals surface area (Å²) < 4.78 is 0. The Kier molecular flexibility index (Phi) is 4.03. The van der Waals surface area contributed by atoms with E-state index in [1.165, 1.54) is 21.9 Å². The van der Waals surface area contributed by atoms with Gasteiger partial charge in [0.15, 0.2) is 0 Å². The Morgan fingerprint density at radius 3 is 2.00 bits per heavy atom. The van der Waals surface area contributed by atoms with E-state index in [9.17, 15) is 0 Å². The molecule has 0 amide bonds. The molecule has 112 valence electrons. The normalized spacial score (nSPS) is 18.2. The van der Waals surface area contributed by atoms with Crippen molar-refractivity contribution in [1.82, 2.24) is 5.32 Å². The quantitative estimate of drug-likeness (QED) is 0.771. The van der Waals surface area contributed by atoms with Gasteiger partial charge in [0.05, 0.1) is 14.1 Å². The molecule has 0 radical (unpaired) electrons. The molecule has 2 heteroatoms. The molecule has 2 aromatic rings. The SMILES string of the molecule is C[Si](C)(C)C1=CC(c2ccccc2)NC=C1c1ccccc1. The number of nitrogens with one attached hydrogen (secondary N) is 1. The minimum absolute atomic E-state index is 0.274. The number of hydrogen-bond acceptors (Lipinski definition) is 1. The van der Waals surface area contributed by atoms with E-state index in [2.05, 4.69) is 97.9 Å². The lowest BCUT2D eigenvalue weighted by molar-refractivity contribution is 0.746. The second-order valence-corrected chi connectivity index (χ2v) is 11.8. The summed E-state index contributed by atoms with van der Waals surface area (Å²) in [6.07, 6.45) is 4.64. The molecule has 0 aliphatic carbocycles. The second kappa shape index (κ2) is 5.97. The van der Waals surface area contributed by atoms with Crippen molar-refractivity contribution in [2.24, 2.45) is 0 Å². The number of benzene rings is 2. The Morgan fingerprint density at radius 1 is 0.818 bits per heavy atom. The fourth-order valence-electron chi connectivity index (χ4n) is 2.92. The molecular formula is C20H23NSi. The molecule has 0 aromatic heterocycles. The highest BCUT2D eigenvalue weighted by Gasteiger charge is 2.27. The predicted molar refractivity (Wildman–Crippen MR) is 98.2 cm³/mol. The molecule has 0 spiro atoms. The second-order valence-electron chi connectivity index (χ2n) is 6.81. The third kappa shape index (κ3) is 3.07. The fourth-order valence-corrected chi connectivity index (χ4v) is 4.61. The first kappa shape index (κ1) is 14.9. The van der Waals surface area contributed by atoms with Gasteiger partial charge in [-0.05, 0) is 16.7 Å². The summed E-state index contributed by atoms with van der Waals surface area (Å²) >= 11 is 0. The Hall–Kier alpha value is -2.06. The van der Waals surface area contributed by atoms with Gasteiger partial charge in [-0.15, -0.1) is 0 Å². The van der Waals surface area contributed by atoms with Crippen LogP contribution in [0.4, 0.5) is 0 Å². The molecule has 1 atom stereocenters. The number of dihydropyridines is 1. The van der Waals surface area contributed by atoms with E-state index in [1.54, 1.807) is 0 Å². The van der Waals surface area contributed by atoms with Crippen LogP contribution in [0, 0.1) is 0 Å². The first-order valence-corrected chi connectivity index (χ1v) is 11.3. The van der Waals surface area contributed by atoms with Gasteiger partial charge >= 0.3 is 0 Å². The van der Waals surface area contributed by atoms with E-state index < -0.39 is 8.07 Å². The molecule has 0 fully saturated rings. The molecule has 1 unspecified atom stereocenters. The van der Waals surface area contributed by atoms with Crippen molar-refractivity contribution >= 4 is 13.6 Å². The summed E-state index contributed by atoms with van der Waals surface area (Å²) in [7, 11) is -1.42. The molecular weight excluding hydrogens is 282 g/mol. The van der Waals surface area contributed by atoms with Crippen molar-refractivity contribution in [1.29, 1.82) is 0 Å². The van der Waals surface area contributed by atoms with Gasteiger partial charge in [0.25, 0.3) is 0 Å². The monoisotopic (exact) mass is 305 g/mol. The topological polar surface area (TPSA) is 12.0 Å². The largest absolute Gasteiger partial charge is 0.380 e. The van der Waals surface area contributed by atoms with Crippen LogP contribution in [0.15, 0.2) is 78.1 Å². The van der Waals surface area contributed by atoms with Gasteiger partial charge in [-0.1, -0.05) is 91.6 Å². The van der Waals surface area contributed by atoms with Crippen molar-refractivity contribution in [3.05, 3.63) is 89.3 Å². The van der Waals surface area contributed by atoms with Gasteiger partial charge in [0.1, 0.15) is 0 Å². The van der Waals surface area contributed by atoms with Gasteiger partial charge in [-0.2, -0.15) is 0 Å². The molecule has 22 heavy (non-hydrogen) atoms. The van der Waals surface area contributed by atoms with E-state index >= 15 is 0 Å². The fraction of sp³-hybridized carbons (Fsp3) is 0.200. The summed E-state index contributed by atoms with van der Waals surface area (Å²) in [4.78, 5) is 0. The maximum atomic E-state index is 3.57. The molecule has 1 heterocycles. The molecule has 0 bridgehead atoms. The van der Waals surface area contributed by atoms with Crippen LogP contribution in [0.25, 0.3) is 5.57 Å². The maximum absolute atomic E-state index is 3.57. The van der Waals surface area contributed by atoms with Crippen LogP contribution in [0.1, 0.15) is 17.2 Å². The third-order valence-corrected chi connectivity index (χ3v) is 6.13.